The molecule has 4 aliphatic rings. The van der Waals surface area contributed by atoms with Crippen LogP contribution in [0.25, 0.3) is 10.8 Å². The number of carbonyl (C=O) groups excluding carboxylic acids is 1. The minimum absolute atomic E-state index is 0.0731. The maximum absolute atomic E-state index is 12.9. The van der Waals surface area contributed by atoms with Crippen LogP contribution in [0.15, 0.2) is 36.4 Å². The zero-order chi connectivity index (χ0) is 29.7. The van der Waals surface area contributed by atoms with Gasteiger partial charge in [-0.2, -0.15) is 9.97 Å². The number of likely N-dealkylation sites (tertiary alicyclic amines) is 1. The SMILES string of the molecule is Cc1cccc2cccc(N3CCc4c(nc(OCC5CCCN5C)nc4N4CCC(N(C)C(=O)C5CN5C)CC4)C3)c12. The van der Waals surface area contributed by atoms with Gasteiger partial charge in [0.15, 0.2) is 0 Å². The van der Waals surface area contributed by atoms with Crippen LogP contribution in [0.1, 0.15) is 42.5 Å². The molecule has 228 valence electrons. The molecule has 1 amide bonds. The van der Waals surface area contributed by atoms with Gasteiger partial charge in [-0.05, 0) is 76.7 Å². The predicted molar refractivity (Wildman–Crippen MR) is 171 cm³/mol. The van der Waals surface area contributed by atoms with Crippen LogP contribution in [0.5, 0.6) is 6.01 Å². The van der Waals surface area contributed by atoms with Gasteiger partial charge in [-0.15, -0.1) is 0 Å². The summed E-state index contributed by atoms with van der Waals surface area (Å²) < 4.78 is 6.36. The third kappa shape index (κ3) is 5.53. The fraction of sp³-hybridized carbons (Fsp3) is 0.559. The number of carbonyl (C=O) groups is 1. The van der Waals surface area contributed by atoms with Crippen molar-refractivity contribution >= 4 is 28.2 Å². The number of likely N-dealkylation sites (N-methyl/N-ethyl adjacent to an activating group) is 3. The molecule has 3 atom stereocenters. The molecular weight excluding hydrogens is 538 g/mol. The molecule has 7 rings (SSSR count). The minimum atomic E-state index is 0.0731. The van der Waals surface area contributed by atoms with Crippen molar-refractivity contribution in [2.75, 3.05) is 70.3 Å². The molecule has 0 N–H and O–H groups in total. The standard InChI is InChI=1S/C34H45N7O2/c1-23-8-5-9-24-10-6-12-29(31(23)24)41-19-15-27-28(20-41)35-34(43-22-26-11-7-16-37(26)2)36-32(27)40-17-13-25(14-18-40)39(4)33(42)30-21-38(30)3/h5-6,8-10,12,25-26,30H,7,11,13-22H2,1-4H3. The van der Waals surface area contributed by atoms with Crippen LogP contribution in [-0.4, -0.2) is 109 Å². The van der Waals surface area contributed by atoms with E-state index in [0.717, 1.165) is 76.5 Å². The highest BCUT2D eigenvalue weighted by atomic mass is 16.5. The van der Waals surface area contributed by atoms with Crippen molar-refractivity contribution < 1.29 is 9.53 Å². The van der Waals surface area contributed by atoms with E-state index in [9.17, 15) is 4.79 Å². The molecule has 0 radical (unpaired) electrons. The van der Waals surface area contributed by atoms with Crippen LogP contribution in [0, 0.1) is 6.92 Å². The van der Waals surface area contributed by atoms with Crippen LogP contribution >= 0.6 is 0 Å². The van der Waals surface area contributed by atoms with Crippen LogP contribution in [0.2, 0.25) is 0 Å². The molecule has 5 heterocycles. The Hall–Kier alpha value is -3.43. The lowest BCUT2D eigenvalue weighted by atomic mass is 9.98. The Morgan fingerprint density at radius 1 is 0.977 bits per heavy atom. The van der Waals surface area contributed by atoms with E-state index >= 15 is 0 Å². The number of benzene rings is 2. The number of hydrogen-bond donors (Lipinski definition) is 0. The van der Waals surface area contributed by atoms with Gasteiger partial charge >= 0.3 is 6.01 Å². The summed E-state index contributed by atoms with van der Waals surface area (Å²) in [6.45, 7) is 8.23. The molecule has 0 bridgehead atoms. The van der Waals surface area contributed by atoms with Gasteiger partial charge in [0.25, 0.3) is 0 Å². The summed E-state index contributed by atoms with van der Waals surface area (Å²) in [5.74, 6) is 1.29. The second kappa shape index (κ2) is 11.6. The van der Waals surface area contributed by atoms with E-state index in [1.807, 2.05) is 19.0 Å². The van der Waals surface area contributed by atoms with E-state index in [4.69, 9.17) is 14.7 Å². The summed E-state index contributed by atoms with van der Waals surface area (Å²) >= 11 is 0. The Balaban J connectivity index is 1.15. The lowest BCUT2D eigenvalue weighted by Crippen LogP contribution is -2.48. The molecule has 3 aromatic rings. The van der Waals surface area contributed by atoms with Crippen molar-refractivity contribution in [2.24, 2.45) is 0 Å². The number of ether oxygens (including phenoxy) is 1. The van der Waals surface area contributed by atoms with Crippen LogP contribution in [0.3, 0.4) is 0 Å². The highest BCUT2D eigenvalue weighted by Crippen LogP contribution is 2.36. The number of rotatable bonds is 7. The molecule has 3 fully saturated rings. The van der Waals surface area contributed by atoms with Gasteiger partial charge in [-0.25, -0.2) is 0 Å². The van der Waals surface area contributed by atoms with Gasteiger partial charge < -0.3 is 24.3 Å². The quantitative estimate of drug-likeness (QED) is 0.390. The summed E-state index contributed by atoms with van der Waals surface area (Å²) in [7, 11) is 6.18. The van der Waals surface area contributed by atoms with Crippen molar-refractivity contribution in [3.63, 3.8) is 0 Å². The van der Waals surface area contributed by atoms with Crippen LogP contribution < -0.4 is 14.5 Å². The Bertz CT molecular complexity index is 1500. The molecule has 0 aliphatic carbocycles. The first kappa shape index (κ1) is 28.3. The number of amides is 1. The first-order valence-electron chi connectivity index (χ1n) is 16.1. The number of hydrogen-bond acceptors (Lipinski definition) is 8. The summed E-state index contributed by atoms with van der Waals surface area (Å²) in [5, 5.41) is 2.60. The Morgan fingerprint density at radius 3 is 2.47 bits per heavy atom. The first-order chi connectivity index (χ1) is 20.9. The van der Waals surface area contributed by atoms with E-state index in [2.05, 4.69) is 70.0 Å². The molecule has 2 aromatic carbocycles. The monoisotopic (exact) mass is 583 g/mol. The number of nitrogens with zero attached hydrogens (tertiary/aromatic N) is 7. The molecule has 9 nitrogen and oxygen atoms in total. The molecule has 1 aromatic heterocycles. The molecule has 43 heavy (non-hydrogen) atoms. The highest BCUT2D eigenvalue weighted by Gasteiger charge is 2.41. The van der Waals surface area contributed by atoms with Crippen LogP contribution in [0.4, 0.5) is 11.5 Å². The second-order valence-electron chi connectivity index (χ2n) is 13.1. The molecule has 0 spiro atoms. The van der Waals surface area contributed by atoms with Crippen LogP contribution in [-0.2, 0) is 17.8 Å². The van der Waals surface area contributed by atoms with Crippen molar-refractivity contribution in [1.82, 2.24) is 24.7 Å². The summed E-state index contributed by atoms with van der Waals surface area (Å²) in [6.07, 6.45) is 5.15. The molecule has 0 saturated carbocycles. The summed E-state index contributed by atoms with van der Waals surface area (Å²) in [6, 6.07) is 14.4. The Labute approximate surface area is 255 Å². The van der Waals surface area contributed by atoms with E-state index in [-0.39, 0.29) is 18.0 Å². The summed E-state index contributed by atoms with van der Waals surface area (Å²) in [5.41, 5.74) is 4.89. The average molecular weight is 584 g/mol. The molecule has 4 aliphatic heterocycles. The van der Waals surface area contributed by atoms with Gasteiger partial charge in [0.1, 0.15) is 18.5 Å². The van der Waals surface area contributed by atoms with Gasteiger partial charge in [-0.3, -0.25) is 9.69 Å². The second-order valence-corrected chi connectivity index (χ2v) is 13.1. The fourth-order valence-corrected chi connectivity index (χ4v) is 7.42. The van der Waals surface area contributed by atoms with Crippen molar-refractivity contribution in [3.05, 3.63) is 53.2 Å². The van der Waals surface area contributed by atoms with E-state index in [1.54, 1.807) is 0 Å². The number of fused-ring (bicyclic) bond motifs is 2. The third-order valence-corrected chi connectivity index (χ3v) is 10.3. The Kier molecular flexibility index (Phi) is 7.63. The van der Waals surface area contributed by atoms with Crippen molar-refractivity contribution in [1.29, 1.82) is 0 Å². The van der Waals surface area contributed by atoms with E-state index in [1.165, 1.54) is 34.0 Å². The molecular formula is C34H45N7O2. The number of aryl methyl sites for hydroxylation is 1. The van der Waals surface area contributed by atoms with Gasteiger partial charge in [0, 0.05) is 61.9 Å². The lowest BCUT2D eigenvalue weighted by Gasteiger charge is -2.39. The van der Waals surface area contributed by atoms with Gasteiger partial charge in [0.05, 0.1) is 12.2 Å². The van der Waals surface area contributed by atoms with Gasteiger partial charge in [-0.1, -0.05) is 30.3 Å². The number of aromatic nitrogens is 2. The first-order valence-corrected chi connectivity index (χ1v) is 16.1. The predicted octanol–water partition coefficient (Wildman–Crippen LogP) is 3.72. The fourth-order valence-electron chi connectivity index (χ4n) is 7.42. The summed E-state index contributed by atoms with van der Waals surface area (Å²) in [4.78, 5) is 34.4. The lowest BCUT2D eigenvalue weighted by molar-refractivity contribution is -0.132. The van der Waals surface area contributed by atoms with E-state index in [0.29, 0.717) is 18.7 Å². The maximum atomic E-state index is 12.9. The number of piperidine rings is 1. The minimum Gasteiger partial charge on any atom is -0.462 e. The molecule has 9 heteroatoms. The average Bonchev–Trinajstić information content (AvgIpc) is 3.62. The smallest absolute Gasteiger partial charge is 0.318 e. The van der Waals surface area contributed by atoms with E-state index < -0.39 is 0 Å². The van der Waals surface area contributed by atoms with Gasteiger partial charge in [0.2, 0.25) is 5.91 Å². The molecule has 3 saturated heterocycles. The largest absolute Gasteiger partial charge is 0.462 e. The molecule has 3 unspecified atom stereocenters. The van der Waals surface area contributed by atoms with Crippen molar-refractivity contribution in [3.8, 4) is 6.01 Å². The zero-order valence-electron chi connectivity index (χ0n) is 26.1. The van der Waals surface area contributed by atoms with Crippen molar-refractivity contribution in [2.45, 2.75) is 63.7 Å². The normalized spacial score (nSPS) is 24.3. The number of anilines is 2. The maximum Gasteiger partial charge on any atom is 0.318 e. The zero-order valence-corrected chi connectivity index (χ0v) is 26.1. The Morgan fingerprint density at radius 2 is 1.74 bits per heavy atom. The highest BCUT2D eigenvalue weighted by molar-refractivity contribution is 5.97. The third-order valence-electron chi connectivity index (χ3n) is 10.3. The topological polar surface area (TPSA) is 68.1 Å².